The maximum Gasteiger partial charge on any atom is 0.0509 e. The largest absolute Gasteiger partial charge is 0.381 e. The molecule has 100 valence electrons. The molecule has 2 heterocycles. The minimum Gasteiger partial charge on any atom is -0.381 e. The summed E-state index contributed by atoms with van der Waals surface area (Å²) in [6.07, 6.45) is 8.58. The van der Waals surface area contributed by atoms with Crippen molar-refractivity contribution >= 4 is 0 Å². The Kier molecular flexibility index (Phi) is 5.62. The van der Waals surface area contributed by atoms with Crippen molar-refractivity contribution in [3.8, 4) is 0 Å². The van der Waals surface area contributed by atoms with Gasteiger partial charge in [-0.1, -0.05) is 13.0 Å². The predicted octanol–water partition coefficient (Wildman–Crippen LogP) is 2.42. The molecule has 18 heavy (non-hydrogen) atoms. The number of nitrogens with zero attached hydrogens (tertiary/aromatic N) is 1. The molecule has 3 nitrogen and oxygen atoms in total. The van der Waals surface area contributed by atoms with E-state index in [2.05, 4.69) is 23.3 Å². The van der Waals surface area contributed by atoms with Gasteiger partial charge in [-0.3, -0.25) is 4.98 Å². The van der Waals surface area contributed by atoms with Gasteiger partial charge in [0, 0.05) is 25.0 Å². The van der Waals surface area contributed by atoms with Crippen molar-refractivity contribution in [2.45, 2.75) is 38.6 Å². The van der Waals surface area contributed by atoms with Crippen LogP contribution in [0.2, 0.25) is 0 Å². The van der Waals surface area contributed by atoms with Crippen LogP contribution in [0.15, 0.2) is 24.5 Å². The molecule has 1 fully saturated rings. The van der Waals surface area contributed by atoms with E-state index in [1.807, 2.05) is 18.5 Å². The van der Waals surface area contributed by atoms with Crippen LogP contribution in [-0.4, -0.2) is 30.8 Å². The Bertz CT molecular complexity index is 323. The number of hydrogen-bond acceptors (Lipinski definition) is 3. The first-order valence-corrected chi connectivity index (χ1v) is 7.10. The van der Waals surface area contributed by atoms with E-state index in [9.17, 15) is 0 Å². The Hall–Kier alpha value is -0.930. The first-order chi connectivity index (χ1) is 8.90. The molecule has 3 heteroatoms. The molecule has 0 aliphatic carbocycles. The summed E-state index contributed by atoms with van der Waals surface area (Å²) >= 11 is 0. The first-order valence-electron chi connectivity index (χ1n) is 7.10. The molecule has 0 radical (unpaired) electrons. The van der Waals surface area contributed by atoms with Crippen molar-refractivity contribution in [1.82, 2.24) is 10.3 Å². The summed E-state index contributed by atoms with van der Waals surface area (Å²) in [5.41, 5.74) is 1.33. The summed E-state index contributed by atoms with van der Waals surface area (Å²) in [5.74, 6) is 0.676. The van der Waals surface area contributed by atoms with Gasteiger partial charge in [0.05, 0.1) is 6.61 Å². The second-order valence-corrected chi connectivity index (χ2v) is 5.04. The Morgan fingerprint density at radius 1 is 1.56 bits per heavy atom. The van der Waals surface area contributed by atoms with E-state index in [0.717, 1.165) is 26.2 Å². The number of aryl methyl sites for hydroxylation is 1. The first kappa shape index (κ1) is 13.5. The Morgan fingerprint density at radius 3 is 3.17 bits per heavy atom. The topological polar surface area (TPSA) is 34.2 Å². The number of hydrogen-bond donors (Lipinski definition) is 1. The monoisotopic (exact) mass is 248 g/mol. The smallest absolute Gasteiger partial charge is 0.0509 e. The van der Waals surface area contributed by atoms with Gasteiger partial charge in [0.25, 0.3) is 0 Å². The van der Waals surface area contributed by atoms with Gasteiger partial charge in [-0.2, -0.15) is 0 Å². The van der Waals surface area contributed by atoms with Crippen LogP contribution >= 0.6 is 0 Å². The summed E-state index contributed by atoms with van der Waals surface area (Å²) in [6.45, 7) is 5.08. The number of rotatable bonds is 6. The van der Waals surface area contributed by atoms with Gasteiger partial charge in [-0.25, -0.2) is 0 Å². The third kappa shape index (κ3) is 4.07. The average molecular weight is 248 g/mol. The number of pyridine rings is 1. The lowest BCUT2D eigenvalue weighted by atomic mass is 9.89. The number of nitrogens with one attached hydrogen (secondary N) is 1. The summed E-state index contributed by atoms with van der Waals surface area (Å²) in [7, 11) is 0. The molecule has 0 bridgehead atoms. The van der Waals surface area contributed by atoms with Crippen molar-refractivity contribution in [2.75, 3.05) is 19.8 Å². The molecule has 1 aromatic rings. The molecule has 0 aromatic carbocycles. The van der Waals surface area contributed by atoms with Gasteiger partial charge in [-0.15, -0.1) is 0 Å². The van der Waals surface area contributed by atoms with Crippen molar-refractivity contribution in [3.63, 3.8) is 0 Å². The lowest BCUT2D eigenvalue weighted by molar-refractivity contribution is 0.0382. The van der Waals surface area contributed by atoms with E-state index in [-0.39, 0.29) is 0 Å². The molecular formula is C15H24N2O. The zero-order chi connectivity index (χ0) is 12.6. The zero-order valence-corrected chi connectivity index (χ0v) is 11.3. The molecule has 1 aromatic heterocycles. The molecule has 2 unspecified atom stereocenters. The normalized spacial score (nSPS) is 21.7. The molecule has 1 saturated heterocycles. The second kappa shape index (κ2) is 7.49. The maximum atomic E-state index is 5.61. The zero-order valence-electron chi connectivity index (χ0n) is 11.3. The standard InChI is InChI=1S/C15H24N2O/c1-2-17-15(14-6-4-10-18-12-14)8-7-13-5-3-9-16-11-13/h3,5,9,11,14-15,17H,2,4,6-8,10,12H2,1H3. The van der Waals surface area contributed by atoms with E-state index in [0.29, 0.717) is 12.0 Å². The van der Waals surface area contributed by atoms with E-state index >= 15 is 0 Å². The van der Waals surface area contributed by atoms with Gasteiger partial charge < -0.3 is 10.1 Å². The summed E-state index contributed by atoms with van der Waals surface area (Å²) in [4.78, 5) is 4.18. The molecule has 0 spiro atoms. The Morgan fingerprint density at radius 2 is 2.50 bits per heavy atom. The maximum absolute atomic E-state index is 5.61. The van der Waals surface area contributed by atoms with Crippen LogP contribution < -0.4 is 5.32 Å². The molecule has 1 N–H and O–H groups in total. The highest BCUT2D eigenvalue weighted by molar-refractivity contribution is 5.08. The number of aromatic nitrogens is 1. The van der Waals surface area contributed by atoms with Crippen LogP contribution in [-0.2, 0) is 11.2 Å². The van der Waals surface area contributed by atoms with Gasteiger partial charge in [0.15, 0.2) is 0 Å². The predicted molar refractivity (Wildman–Crippen MR) is 73.6 cm³/mol. The van der Waals surface area contributed by atoms with Crippen molar-refractivity contribution in [3.05, 3.63) is 30.1 Å². The fraction of sp³-hybridized carbons (Fsp3) is 0.667. The van der Waals surface area contributed by atoms with Crippen molar-refractivity contribution in [1.29, 1.82) is 0 Å². The highest BCUT2D eigenvalue weighted by Gasteiger charge is 2.23. The van der Waals surface area contributed by atoms with E-state index in [1.165, 1.54) is 24.8 Å². The highest BCUT2D eigenvalue weighted by Crippen LogP contribution is 2.20. The van der Waals surface area contributed by atoms with Gasteiger partial charge in [0.1, 0.15) is 0 Å². The minimum atomic E-state index is 0.579. The van der Waals surface area contributed by atoms with Crippen molar-refractivity contribution in [2.24, 2.45) is 5.92 Å². The minimum absolute atomic E-state index is 0.579. The van der Waals surface area contributed by atoms with E-state index in [1.54, 1.807) is 0 Å². The molecule has 1 aliphatic heterocycles. The van der Waals surface area contributed by atoms with Gasteiger partial charge >= 0.3 is 0 Å². The van der Waals surface area contributed by atoms with E-state index in [4.69, 9.17) is 4.74 Å². The fourth-order valence-corrected chi connectivity index (χ4v) is 2.72. The quantitative estimate of drug-likeness (QED) is 0.839. The fourth-order valence-electron chi connectivity index (χ4n) is 2.72. The highest BCUT2D eigenvalue weighted by atomic mass is 16.5. The van der Waals surface area contributed by atoms with Crippen LogP contribution in [0.5, 0.6) is 0 Å². The molecular weight excluding hydrogens is 224 g/mol. The van der Waals surface area contributed by atoms with Crippen LogP contribution in [0.4, 0.5) is 0 Å². The van der Waals surface area contributed by atoms with Crippen LogP contribution in [0.3, 0.4) is 0 Å². The van der Waals surface area contributed by atoms with Crippen molar-refractivity contribution < 1.29 is 4.74 Å². The Labute approximate surface area is 110 Å². The molecule has 1 aliphatic rings. The van der Waals surface area contributed by atoms with Crippen LogP contribution in [0, 0.1) is 5.92 Å². The number of ether oxygens (including phenoxy) is 1. The van der Waals surface area contributed by atoms with Crippen LogP contribution in [0.1, 0.15) is 31.7 Å². The lowest BCUT2D eigenvalue weighted by Crippen LogP contribution is -2.40. The van der Waals surface area contributed by atoms with Crippen LogP contribution in [0.25, 0.3) is 0 Å². The third-order valence-electron chi connectivity index (χ3n) is 3.70. The molecule has 0 amide bonds. The van der Waals surface area contributed by atoms with Gasteiger partial charge in [0.2, 0.25) is 0 Å². The summed E-state index contributed by atoms with van der Waals surface area (Å²) in [5, 5.41) is 3.62. The Balaban J connectivity index is 1.85. The molecule has 0 saturated carbocycles. The van der Waals surface area contributed by atoms with Gasteiger partial charge in [-0.05, 0) is 49.8 Å². The molecule has 2 rings (SSSR count). The third-order valence-corrected chi connectivity index (χ3v) is 3.70. The second-order valence-electron chi connectivity index (χ2n) is 5.04. The summed E-state index contributed by atoms with van der Waals surface area (Å²) < 4.78 is 5.61. The SMILES string of the molecule is CCNC(CCc1cccnc1)C1CCCOC1. The molecule has 2 atom stereocenters. The summed E-state index contributed by atoms with van der Waals surface area (Å²) in [6, 6.07) is 4.75. The van der Waals surface area contributed by atoms with E-state index < -0.39 is 0 Å². The lowest BCUT2D eigenvalue weighted by Gasteiger charge is -2.31. The average Bonchev–Trinajstić information content (AvgIpc) is 2.45.